The van der Waals surface area contributed by atoms with Gasteiger partial charge in [0.05, 0.1) is 19.1 Å². The van der Waals surface area contributed by atoms with Gasteiger partial charge in [-0.1, -0.05) is 12.1 Å². The summed E-state index contributed by atoms with van der Waals surface area (Å²) in [5.74, 6) is -0.0684. The summed E-state index contributed by atoms with van der Waals surface area (Å²) in [5.41, 5.74) is 0.414. The summed E-state index contributed by atoms with van der Waals surface area (Å²) in [4.78, 5) is 23.8. The minimum Gasteiger partial charge on any atom is -0.497 e. The number of carboxylic acid groups (broad SMARTS) is 1. The molecule has 0 aromatic heterocycles. The van der Waals surface area contributed by atoms with Crippen LogP contribution in [0.1, 0.15) is 37.2 Å². The normalized spacial score (nSPS) is 24.9. The Morgan fingerprint density at radius 2 is 2.12 bits per heavy atom. The summed E-state index contributed by atoms with van der Waals surface area (Å²) in [6.45, 7) is 0.967. The molecule has 1 amide bonds. The Kier molecular flexibility index (Phi) is 4.76. The van der Waals surface area contributed by atoms with Crippen molar-refractivity contribution >= 4 is 11.9 Å². The number of carbonyl (C=O) groups excluding carboxylic acids is 1. The maximum Gasteiger partial charge on any atom is 0.305 e. The minimum atomic E-state index is -0.891. The zero-order valence-corrected chi connectivity index (χ0v) is 13.8. The Labute approximate surface area is 141 Å². The van der Waals surface area contributed by atoms with Gasteiger partial charge in [-0.05, 0) is 42.9 Å². The van der Waals surface area contributed by atoms with E-state index in [9.17, 15) is 14.7 Å². The second-order valence-corrected chi connectivity index (χ2v) is 6.68. The van der Waals surface area contributed by atoms with Gasteiger partial charge in [0.1, 0.15) is 5.75 Å². The molecule has 1 saturated carbocycles. The molecule has 3 rings (SSSR count). The SMILES string of the molecule is COc1cccc(C2CC2C(=O)NC2(CC(=O)O)CCOCC2)c1. The quantitative estimate of drug-likeness (QED) is 0.831. The molecule has 2 unspecified atom stereocenters. The van der Waals surface area contributed by atoms with Crippen LogP contribution < -0.4 is 10.1 Å². The van der Waals surface area contributed by atoms with Crippen molar-refractivity contribution in [2.24, 2.45) is 5.92 Å². The predicted molar refractivity (Wildman–Crippen MR) is 87.0 cm³/mol. The van der Waals surface area contributed by atoms with Crippen LogP contribution in [0.2, 0.25) is 0 Å². The third-order valence-corrected chi connectivity index (χ3v) is 4.98. The average molecular weight is 333 g/mol. The minimum absolute atomic E-state index is 0.0500. The smallest absolute Gasteiger partial charge is 0.305 e. The Balaban J connectivity index is 1.65. The lowest BCUT2D eigenvalue weighted by molar-refractivity contribution is -0.140. The van der Waals surface area contributed by atoms with Gasteiger partial charge in [-0.15, -0.1) is 0 Å². The number of hydrogen-bond donors (Lipinski definition) is 2. The van der Waals surface area contributed by atoms with Gasteiger partial charge in [0.2, 0.25) is 5.91 Å². The lowest BCUT2D eigenvalue weighted by Gasteiger charge is -2.37. The fraction of sp³-hybridized carbons (Fsp3) is 0.556. The van der Waals surface area contributed by atoms with E-state index >= 15 is 0 Å². The van der Waals surface area contributed by atoms with Gasteiger partial charge in [0.25, 0.3) is 0 Å². The third-order valence-electron chi connectivity index (χ3n) is 4.98. The number of aliphatic carboxylic acids is 1. The van der Waals surface area contributed by atoms with E-state index in [1.807, 2.05) is 24.3 Å². The van der Waals surface area contributed by atoms with Crippen LogP contribution in [-0.4, -0.2) is 42.8 Å². The Bertz CT molecular complexity index is 624. The summed E-state index contributed by atoms with van der Waals surface area (Å²) < 4.78 is 10.6. The van der Waals surface area contributed by atoms with Crippen molar-refractivity contribution in [2.45, 2.75) is 37.1 Å². The van der Waals surface area contributed by atoms with Crippen LogP contribution in [0.3, 0.4) is 0 Å². The number of methoxy groups -OCH3 is 1. The van der Waals surface area contributed by atoms with E-state index in [4.69, 9.17) is 9.47 Å². The standard InChI is InChI=1S/C18H23NO5/c1-23-13-4-2-3-12(9-13)14-10-15(14)17(22)19-18(11-16(20)21)5-7-24-8-6-18/h2-4,9,14-15H,5-8,10-11H2,1H3,(H,19,22)(H,20,21). The van der Waals surface area contributed by atoms with Crippen molar-refractivity contribution in [1.82, 2.24) is 5.32 Å². The van der Waals surface area contributed by atoms with Crippen molar-refractivity contribution in [3.8, 4) is 5.75 Å². The average Bonchev–Trinajstić information content (AvgIpc) is 3.35. The molecule has 0 spiro atoms. The molecule has 1 saturated heterocycles. The first-order valence-electron chi connectivity index (χ1n) is 8.28. The lowest BCUT2D eigenvalue weighted by atomic mass is 9.86. The molecule has 1 aromatic carbocycles. The van der Waals surface area contributed by atoms with E-state index in [0.29, 0.717) is 26.1 Å². The van der Waals surface area contributed by atoms with Crippen LogP contribution in [0.5, 0.6) is 5.75 Å². The van der Waals surface area contributed by atoms with E-state index in [1.54, 1.807) is 7.11 Å². The molecular weight excluding hydrogens is 310 g/mol. The summed E-state index contributed by atoms with van der Waals surface area (Å²) >= 11 is 0. The molecule has 2 atom stereocenters. The predicted octanol–water partition coefficient (Wildman–Crippen LogP) is 1.94. The maximum atomic E-state index is 12.6. The highest BCUT2D eigenvalue weighted by Crippen LogP contribution is 2.48. The third kappa shape index (κ3) is 3.70. The summed E-state index contributed by atoms with van der Waals surface area (Å²) in [6.07, 6.45) is 1.82. The van der Waals surface area contributed by atoms with E-state index in [2.05, 4.69) is 5.32 Å². The van der Waals surface area contributed by atoms with Crippen molar-refractivity contribution in [3.63, 3.8) is 0 Å². The highest BCUT2D eigenvalue weighted by atomic mass is 16.5. The van der Waals surface area contributed by atoms with E-state index < -0.39 is 11.5 Å². The van der Waals surface area contributed by atoms with Gasteiger partial charge in [-0.2, -0.15) is 0 Å². The molecule has 6 heteroatoms. The van der Waals surface area contributed by atoms with E-state index in [1.165, 1.54) is 0 Å². The van der Waals surface area contributed by atoms with Gasteiger partial charge >= 0.3 is 5.97 Å². The van der Waals surface area contributed by atoms with Crippen LogP contribution in [0.15, 0.2) is 24.3 Å². The molecule has 1 aliphatic heterocycles. The van der Waals surface area contributed by atoms with E-state index in [0.717, 1.165) is 17.7 Å². The summed E-state index contributed by atoms with van der Waals surface area (Å²) in [5, 5.41) is 12.2. The Hall–Kier alpha value is -2.08. The largest absolute Gasteiger partial charge is 0.497 e. The number of nitrogens with one attached hydrogen (secondary N) is 1. The Morgan fingerprint density at radius 1 is 1.38 bits per heavy atom. The molecule has 130 valence electrons. The summed E-state index contributed by atoms with van der Waals surface area (Å²) in [6, 6.07) is 7.76. The number of rotatable bonds is 6. The molecule has 2 N–H and O–H groups in total. The van der Waals surface area contributed by atoms with Gasteiger partial charge in [-0.25, -0.2) is 0 Å². The zero-order chi connectivity index (χ0) is 17.2. The number of amides is 1. The lowest BCUT2D eigenvalue weighted by Crippen LogP contribution is -2.53. The number of benzene rings is 1. The van der Waals surface area contributed by atoms with Crippen LogP contribution in [0, 0.1) is 5.92 Å². The van der Waals surface area contributed by atoms with Crippen LogP contribution in [-0.2, 0) is 14.3 Å². The number of carbonyl (C=O) groups is 2. The van der Waals surface area contributed by atoms with Crippen molar-refractivity contribution in [1.29, 1.82) is 0 Å². The molecule has 2 fully saturated rings. The van der Waals surface area contributed by atoms with Crippen LogP contribution in [0.4, 0.5) is 0 Å². The molecular formula is C18H23NO5. The van der Waals surface area contributed by atoms with Gasteiger partial charge in [0.15, 0.2) is 0 Å². The molecule has 1 aliphatic carbocycles. The first-order chi connectivity index (χ1) is 11.5. The molecule has 6 nitrogen and oxygen atoms in total. The first kappa shape index (κ1) is 16.8. The van der Waals surface area contributed by atoms with Gasteiger partial charge < -0.3 is 19.9 Å². The second-order valence-electron chi connectivity index (χ2n) is 6.68. The monoisotopic (exact) mass is 333 g/mol. The molecule has 2 aliphatic rings. The van der Waals surface area contributed by atoms with Crippen LogP contribution >= 0.6 is 0 Å². The van der Waals surface area contributed by atoms with Crippen molar-refractivity contribution in [3.05, 3.63) is 29.8 Å². The highest BCUT2D eigenvalue weighted by Gasteiger charge is 2.47. The van der Waals surface area contributed by atoms with Gasteiger partial charge in [0, 0.05) is 19.1 Å². The first-order valence-corrected chi connectivity index (χ1v) is 8.28. The second kappa shape index (κ2) is 6.81. The highest BCUT2D eigenvalue weighted by molar-refractivity contribution is 5.84. The summed E-state index contributed by atoms with van der Waals surface area (Å²) in [7, 11) is 1.62. The Morgan fingerprint density at radius 3 is 2.79 bits per heavy atom. The van der Waals surface area contributed by atoms with Crippen LogP contribution in [0.25, 0.3) is 0 Å². The zero-order valence-electron chi connectivity index (χ0n) is 13.8. The van der Waals surface area contributed by atoms with Crippen molar-refractivity contribution in [2.75, 3.05) is 20.3 Å². The number of ether oxygens (including phenoxy) is 2. The number of hydrogen-bond acceptors (Lipinski definition) is 4. The molecule has 0 bridgehead atoms. The topological polar surface area (TPSA) is 84.9 Å². The fourth-order valence-electron chi connectivity index (χ4n) is 3.48. The fourth-order valence-corrected chi connectivity index (χ4v) is 3.48. The molecule has 1 heterocycles. The van der Waals surface area contributed by atoms with Crippen molar-refractivity contribution < 1.29 is 24.2 Å². The number of carboxylic acids is 1. The molecule has 0 radical (unpaired) electrons. The van der Waals surface area contributed by atoms with Gasteiger partial charge in [-0.3, -0.25) is 9.59 Å². The van der Waals surface area contributed by atoms with E-state index in [-0.39, 0.29) is 24.2 Å². The maximum absolute atomic E-state index is 12.6. The molecule has 1 aromatic rings. The molecule has 24 heavy (non-hydrogen) atoms.